The predicted molar refractivity (Wildman–Crippen MR) is 52.4 cm³/mol. The Morgan fingerprint density at radius 2 is 2.42 bits per heavy atom. The largest absolute Gasteiger partial charge is 0.356 e. The topological polar surface area (TPSA) is 41.1 Å². The van der Waals surface area contributed by atoms with E-state index < -0.39 is 0 Å². The summed E-state index contributed by atoms with van der Waals surface area (Å²) in [5.41, 5.74) is 0. The van der Waals surface area contributed by atoms with Gasteiger partial charge < -0.3 is 10.6 Å². The van der Waals surface area contributed by atoms with Gasteiger partial charge in [-0.05, 0) is 6.26 Å². The van der Waals surface area contributed by atoms with Crippen molar-refractivity contribution in [3.8, 4) is 0 Å². The SMILES string of the molecule is CSCCC(=O)NCC1CNC1. The molecule has 1 heterocycles. The lowest BCUT2D eigenvalue weighted by atomic mass is 10.0. The third-order valence-corrected chi connectivity index (χ3v) is 2.60. The van der Waals surface area contributed by atoms with E-state index in [-0.39, 0.29) is 5.91 Å². The van der Waals surface area contributed by atoms with Crippen LogP contribution in [0.25, 0.3) is 0 Å². The number of hydrogen-bond acceptors (Lipinski definition) is 3. The lowest BCUT2D eigenvalue weighted by molar-refractivity contribution is -0.120. The Bertz CT molecular complexity index is 148. The zero-order valence-corrected chi connectivity index (χ0v) is 8.25. The average Bonchev–Trinajstić information content (AvgIpc) is 1.98. The number of carbonyl (C=O) groups excluding carboxylic acids is 1. The predicted octanol–water partition coefficient (Wildman–Crippen LogP) is 0.0751. The van der Waals surface area contributed by atoms with Crippen LogP contribution in [0.2, 0.25) is 0 Å². The summed E-state index contributed by atoms with van der Waals surface area (Å²) in [6.45, 7) is 2.96. The minimum Gasteiger partial charge on any atom is -0.356 e. The number of carbonyl (C=O) groups is 1. The fourth-order valence-corrected chi connectivity index (χ4v) is 1.42. The maximum Gasteiger partial charge on any atom is 0.220 e. The van der Waals surface area contributed by atoms with Crippen LogP contribution in [-0.2, 0) is 4.79 Å². The quantitative estimate of drug-likeness (QED) is 0.642. The molecule has 0 aliphatic carbocycles. The second-order valence-electron chi connectivity index (χ2n) is 3.07. The number of hydrogen-bond donors (Lipinski definition) is 2. The van der Waals surface area contributed by atoms with Gasteiger partial charge in [0.15, 0.2) is 0 Å². The van der Waals surface area contributed by atoms with Crippen LogP contribution in [0.3, 0.4) is 0 Å². The van der Waals surface area contributed by atoms with Crippen molar-refractivity contribution >= 4 is 17.7 Å². The molecule has 0 spiro atoms. The van der Waals surface area contributed by atoms with Crippen molar-refractivity contribution in [1.29, 1.82) is 0 Å². The van der Waals surface area contributed by atoms with E-state index in [2.05, 4.69) is 10.6 Å². The van der Waals surface area contributed by atoms with Crippen LogP contribution in [0.5, 0.6) is 0 Å². The van der Waals surface area contributed by atoms with Crippen molar-refractivity contribution in [3.05, 3.63) is 0 Å². The summed E-state index contributed by atoms with van der Waals surface area (Å²) in [6.07, 6.45) is 2.67. The zero-order chi connectivity index (χ0) is 8.81. The molecule has 12 heavy (non-hydrogen) atoms. The molecule has 0 atom stereocenters. The highest BCUT2D eigenvalue weighted by molar-refractivity contribution is 7.98. The molecule has 1 rings (SSSR count). The summed E-state index contributed by atoms with van der Waals surface area (Å²) in [4.78, 5) is 11.1. The Morgan fingerprint density at radius 3 is 2.92 bits per heavy atom. The molecule has 3 nitrogen and oxygen atoms in total. The van der Waals surface area contributed by atoms with Crippen LogP contribution >= 0.6 is 11.8 Å². The van der Waals surface area contributed by atoms with E-state index in [1.54, 1.807) is 11.8 Å². The first-order valence-corrected chi connectivity index (χ1v) is 5.68. The standard InChI is InChI=1S/C8H16N2OS/c1-12-3-2-8(11)10-6-7-4-9-5-7/h7,9H,2-6H2,1H3,(H,10,11). The first kappa shape index (κ1) is 9.86. The fraction of sp³-hybridized carbons (Fsp3) is 0.875. The monoisotopic (exact) mass is 188 g/mol. The van der Waals surface area contributed by atoms with E-state index in [9.17, 15) is 4.79 Å². The Morgan fingerprint density at radius 1 is 1.67 bits per heavy atom. The maximum atomic E-state index is 11.1. The number of thioether (sulfide) groups is 1. The highest BCUT2D eigenvalue weighted by Gasteiger charge is 2.16. The van der Waals surface area contributed by atoms with Gasteiger partial charge in [0.25, 0.3) is 0 Å². The number of amides is 1. The number of rotatable bonds is 5. The molecule has 0 unspecified atom stereocenters. The van der Waals surface area contributed by atoms with E-state index >= 15 is 0 Å². The summed E-state index contributed by atoms with van der Waals surface area (Å²) in [7, 11) is 0. The molecule has 1 fully saturated rings. The van der Waals surface area contributed by atoms with E-state index in [4.69, 9.17) is 0 Å². The molecule has 0 aromatic carbocycles. The molecular formula is C8H16N2OS. The van der Waals surface area contributed by atoms with Gasteiger partial charge in [-0.15, -0.1) is 0 Å². The molecule has 0 bridgehead atoms. The fourth-order valence-electron chi connectivity index (χ4n) is 1.03. The maximum absolute atomic E-state index is 11.1. The normalized spacial score (nSPS) is 17.1. The van der Waals surface area contributed by atoms with Gasteiger partial charge in [0.2, 0.25) is 5.91 Å². The Labute approximate surface area is 77.7 Å². The summed E-state index contributed by atoms with van der Waals surface area (Å²) in [5, 5.41) is 6.10. The van der Waals surface area contributed by atoms with Crippen molar-refractivity contribution in [2.45, 2.75) is 6.42 Å². The van der Waals surface area contributed by atoms with Crippen molar-refractivity contribution in [2.24, 2.45) is 5.92 Å². The molecule has 1 aliphatic rings. The molecule has 0 radical (unpaired) electrons. The molecule has 0 aromatic heterocycles. The van der Waals surface area contributed by atoms with E-state index in [1.165, 1.54) is 0 Å². The lowest BCUT2D eigenvalue weighted by Gasteiger charge is -2.27. The van der Waals surface area contributed by atoms with Gasteiger partial charge in [-0.2, -0.15) is 11.8 Å². The molecule has 2 N–H and O–H groups in total. The molecule has 0 aromatic rings. The summed E-state index contributed by atoms with van der Waals surface area (Å²) >= 11 is 1.71. The van der Waals surface area contributed by atoms with Gasteiger partial charge in [0.1, 0.15) is 0 Å². The van der Waals surface area contributed by atoms with Gasteiger partial charge in [-0.25, -0.2) is 0 Å². The van der Waals surface area contributed by atoms with Crippen molar-refractivity contribution in [2.75, 3.05) is 31.6 Å². The first-order valence-electron chi connectivity index (χ1n) is 4.29. The Kier molecular flexibility index (Phi) is 4.46. The van der Waals surface area contributed by atoms with Gasteiger partial charge in [-0.3, -0.25) is 4.79 Å². The number of nitrogens with one attached hydrogen (secondary N) is 2. The van der Waals surface area contributed by atoms with E-state index in [0.717, 1.165) is 25.4 Å². The third-order valence-electron chi connectivity index (χ3n) is 1.99. The minimum atomic E-state index is 0.191. The summed E-state index contributed by atoms with van der Waals surface area (Å²) in [5.74, 6) is 1.79. The second-order valence-corrected chi connectivity index (χ2v) is 4.06. The average molecular weight is 188 g/mol. The lowest BCUT2D eigenvalue weighted by Crippen LogP contribution is -2.48. The van der Waals surface area contributed by atoms with E-state index in [0.29, 0.717) is 12.3 Å². The van der Waals surface area contributed by atoms with Gasteiger partial charge in [0, 0.05) is 37.7 Å². The summed E-state index contributed by atoms with van der Waals surface area (Å²) < 4.78 is 0. The van der Waals surface area contributed by atoms with Crippen molar-refractivity contribution < 1.29 is 4.79 Å². The third kappa shape index (κ3) is 3.45. The first-order chi connectivity index (χ1) is 5.83. The zero-order valence-electron chi connectivity index (χ0n) is 7.43. The Balaban J connectivity index is 1.94. The van der Waals surface area contributed by atoms with Crippen molar-refractivity contribution in [3.63, 3.8) is 0 Å². The van der Waals surface area contributed by atoms with E-state index in [1.807, 2.05) is 6.26 Å². The van der Waals surface area contributed by atoms with Crippen LogP contribution < -0.4 is 10.6 Å². The molecular weight excluding hydrogens is 172 g/mol. The highest BCUT2D eigenvalue weighted by atomic mass is 32.2. The molecule has 0 saturated carbocycles. The molecule has 1 saturated heterocycles. The van der Waals surface area contributed by atoms with Crippen LogP contribution in [-0.4, -0.2) is 37.6 Å². The Hall–Kier alpha value is -0.220. The molecule has 70 valence electrons. The molecule has 1 aliphatic heterocycles. The molecule has 4 heteroatoms. The van der Waals surface area contributed by atoms with Crippen LogP contribution in [0.4, 0.5) is 0 Å². The smallest absolute Gasteiger partial charge is 0.220 e. The molecule has 1 amide bonds. The van der Waals surface area contributed by atoms with Gasteiger partial charge in [-0.1, -0.05) is 0 Å². The van der Waals surface area contributed by atoms with Crippen LogP contribution in [0.1, 0.15) is 6.42 Å². The van der Waals surface area contributed by atoms with Crippen LogP contribution in [0, 0.1) is 5.92 Å². The van der Waals surface area contributed by atoms with Crippen molar-refractivity contribution in [1.82, 2.24) is 10.6 Å². The minimum absolute atomic E-state index is 0.191. The van der Waals surface area contributed by atoms with Crippen LogP contribution in [0.15, 0.2) is 0 Å². The highest BCUT2D eigenvalue weighted by Crippen LogP contribution is 2.00. The van der Waals surface area contributed by atoms with Gasteiger partial charge in [0.05, 0.1) is 0 Å². The van der Waals surface area contributed by atoms with Gasteiger partial charge >= 0.3 is 0 Å². The second kappa shape index (κ2) is 5.43. The summed E-state index contributed by atoms with van der Waals surface area (Å²) in [6, 6.07) is 0.